The number of carbonyl (C=O) groups excluding carboxylic acids is 1. The molecule has 0 aliphatic rings. The lowest BCUT2D eigenvalue weighted by atomic mass is 10.2. The van der Waals surface area contributed by atoms with Crippen LogP contribution in [0.2, 0.25) is 0 Å². The number of carboxylic acids is 1. The van der Waals surface area contributed by atoms with Gasteiger partial charge in [-0.3, -0.25) is 9.59 Å². The minimum Gasteiger partial charge on any atom is -0.481 e. The molecule has 0 bridgehead atoms. The van der Waals surface area contributed by atoms with E-state index < -0.39 is 11.6 Å². The zero-order chi connectivity index (χ0) is 14.4. The Labute approximate surface area is 110 Å². The molecule has 104 valence electrons. The predicted octanol–water partition coefficient (Wildman–Crippen LogP) is 1.36. The van der Waals surface area contributed by atoms with Gasteiger partial charge in [-0.15, -0.1) is 0 Å². The normalized spacial score (nSPS) is 10.5. The van der Waals surface area contributed by atoms with E-state index in [0.717, 1.165) is 6.26 Å². The van der Waals surface area contributed by atoms with Crippen LogP contribution in [0.25, 0.3) is 0 Å². The van der Waals surface area contributed by atoms with Crippen LogP contribution < -0.4 is 5.63 Å². The summed E-state index contributed by atoms with van der Waals surface area (Å²) in [5.41, 5.74) is -0.234. The lowest BCUT2D eigenvalue weighted by Crippen LogP contribution is -2.38. The van der Waals surface area contributed by atoms with E-state index in [1.807, 2.05) is 13.8 Å². The van der Waals surface area contributed by atoms with Gasteiger partial charge < -0.3 is 14.4 Å². The summed E-state index contributed by atoms with van der Waals surface area (Å²) in [7, 11) is 0. The molecular formula is C13H17NO5. The monoisotopic (exact) mass is 267 g/mol. The van der Waals surface area contributed by atoms with Crippen molar-refractivity contribution in [2.45, 2.75) is 32.7 Å². The van der Waals surface area contributed by atoms with Crippen molar-refractivity contribution in [3.63, 3.8) is 0 Å². The summed E-state index contributed by atoms with van der Waals surface area (Å²) in [5.74, 6) is -1.16. The van der Waals surface area contributed by atoms with E-state index in [1.54, 1.807) is 4.90 Å². The topological polar surface area (TPSA) is 87.8 Å². The van der Waals surface area contributed by atoms with Gasteiger partial charge in [0.2, 0.25) is 0 Å². The van der Waals surface area contributed by atoms with Crippen molar-refractivity contribution in [3.8, 4) is 0 Å². The third kappa shape index (κ3) is 4.57. The first-order valence-electron chi connectivity index (χ1n) is 6.03. The van der Waals surface area contributed by atoms with Crippen LogP contribution >= 0.6 is 0 Å². The number of carbonyl (C=O) groups is 2. The average molecular weight is 267 g/mol. The first-order chi connectivity index (χ1) is 8.91. The third-order valence-corrected chi connectivity index (χ3v) is 2.62. The van der Waals surface area contributed by atoms with Gasteiger partial charge in [0.25, 0.3) is 5.91 Å². The van der Waals surface area contributed by atoms with Crippen molar-refractivity contribution in [3.05, 3.63) is 34.4 Å². The van der Waals surface area contributed by atoms with Crippen LogP contribution in [0.3, 0.4) is 0 Å². The second kappa shape index (κ2) is 6.72. The second-order valence-corrected chi connectivity index (χ2v) is 4.43. The summed E-state index contributed by atoms with van der Waals surface area (Å²) in [6.45, 7) is 4.04. The van der Waals surface area contributed by atoms with Crippen LogP contribution in [0.4, 0.5) is 0 Å². The molecule has 0 saturated heterocycles. The van der Waals surface area contributed by atoms with Crippen LogP contribution in [0.15, 0.2) is 27.6 Å². The molecule has 0 unspecified atom stereocenters. The van der Waals surface area contributed by atoms with Crippen LogP contribution in [0, 0.1) is 0 Å². The zero-order valence-electron chi connectivity index (χ0n) is 11.0. The number of aliphatic carboxylic acids is 1. The molecule has 19 heavy (non-hydrogen) atoms. The first kappa shape index (κ1) is 14.9. The molecule has 0 aromatic carbocycles. The van der Waals surface area contributed by atoms with Crippen LogP contribution in [0.1, 0.15) is 37.0 Å². The standard InChI is InChI=1S/C13H17NO5/c1-9(2)14(7-3-4-11(15)16)13(18)10-5-6-12(17)19-8-10/h5-6,8-9H,3-4,7H2,1-2H3,(H,15,16). The van der Waals surface area contributed by atoms with Gasteiger partial charge in [0.15, 0.2) is 0 Å². The van der Waals surface area contributed by atoms with Crippen molar-refractivity contribution >= 4 is 11.9 Å². The van der Waals surface area contributed by atoms with Gasteiger partial charge in [-0.1, -0.05) is 0 Å². The molecule has 0 saturated carbocycles. The second-order valence-electron chi connectivity index (χ2n) is 4.43. The van der Waals surface area contributed by atoms with E-state index >= 15 is 0 Å². The quantitative estimate of drug-likeness (QED) is 0.840. The molecule has 0 aliphatic carbocycles. The van der Waals surface area contributed by atoms with Crippen molar-refractivity contribution in [2.75, 3.05) is 6.54 Å². The van der Waals surface area contributed by atoms with Gasteiger partial charge in [0.05, 0.1) is 5.56 Å². The minimum absolute atomic E-state index is 0.0143. The van der Waals surface area contributed by atoms with E-state index in [2.05, 4.69) is 4.42 Å². The van der Waals surface area contributed by atoms with Crippen molar-refractivity contribution in [1.82, 2.24) is 4.90 Å². The van der Waals surface area contributed by atoms with Crippen molar-refractivity contribution in [1.29, 1.82) is 0 Å². The van der Waals surface area contributed by atoms with Gasteiger partial charge in [-0.05, 0) is 26.3 Å². The SMILES string of the molecule is CC(C)N(CCCC(=O)O)C(=O)c1ccc(=O)oc1. The van der Waals surface area contributed by atoms with Crippen LogP contribution in [-0.2, 0) is 4.79 Å². The summed E-state index contributed by atoms with van der Waals surface area (Å²) < 4.78 is 4.65. The molecule has 0 radical (unpaired) electrons. The molecule has 1 aromatic heterocycles. The average Bonchev–Trinajstić information content (AvgIpc) is 2.34. The predicted molar refractivity (Wildman–Crippen MR) is 68.0 cm³/mol. The Bertz CT molecular complexity index is 486. The maximum Gasteiger partial charge on any atom is 0.335 e. The highest BCUT2D eigenvalue weighted by Gasteiger charge is 2.19. The number of rotatable bonds is 6. The van der Waals surface area contributed by atoms with Crippen molar-refractivity contribution in [2.24, 2.45) is 0 Å². The molecule has 1 aromatic rings. The lowest BCUT2D eigenvalue weighted by Gasteiger charge is -2.26. The Balaban J connectivity index is 2.75. The molecule has 0 spiro atoms. The molecule has 0 fully saturated rings. The number of carboxylic acid groups (broad SMARTS) is 1. The molecule has 6 heteroatoms. The largest absolute Gasteiger partial charge is 0.481 e. The highest BCUT2D eigenvalue weighted by molar-refractivity contribution is 5.93. The summed E-state index contributed by atoms with van der Waals surface area (Å²) in [6, 6.07) is 2.53. The van der Waals surface area contributed by atoms with E-state index in [4.69, 9.17) is 5.11 Å². The van der Waals surface area contributed by atoms with E-state index in [9.17, 15) is 14.4 Å². The molecule has 0 atom stereocenters. The number of amides is 1. The Hall–Kier alpha value is -2.11. The van der Waals surface area contributed by atoms with E-state index in [0.29, 0.717) is 13.0 Å². The molecule has 0 aliphatic heterocycles. The summed E-state index contributed by atoms with van der Waals surface area (Å²) >= 11 is 0. The third-order valence-electron chi connectivity index (χ3n) is 2.62. The van der Waals surface area contributed by atoms with E-state index in [-0.39, 0.29) is 23.9 Å². The summed E-state index contributed by atoms with van der Waals surface area (Å²) in [5, 5.41) is 8.60. The van der Waals surface area contributed by atoms with E-state index in [1.165, 1.54) is 12.1 Å². The van der Waals surface area contributed by atoms with Crippen molar-refractivity contribution < 1.29 is 19.1 Å². The highest BCUT2D eigenvalue weighted by Crippen LogP contribution is 2.09. The van der Waals surface area contributed by atoms with Gasteiger partial charge in [-0.25, -0.2) is 4.79 Å². The molecule has 6 nitrogen and oxygen atoms in total. The Morgan fingerprint density at radius 1 is 1.37 bits per heavy atom. The minimum atomic E-state index is -0.887. The van der Waals surface area contributed by atoms with Crippen LogP contribution in [-0.4, -0.2) is 34.5 Å². The molecule has 1 heterocycles. The Morgan fingerprint density at radius 2 is 2.05 bits per heavy atom. The highest BCUT2D eigenvalue weighted by atomic mass is 16.4. The summed E-state index contributed by atoms with van der Waals surface area (Å²) in [6.07, 6.45) is 1.52. The molecule has 1 N–H and O–H groups in total. The molecule has 1 rings (SSSR count). The van der Waals surface area contributed by atoms with Gasteiger partial charge in [0.1, 0.15) is 6.26 Å². The molecule has 1 amide bonds. The zero-order valence-corrected chi connectivity index (χ0v) is 11.0. The molecular weight excluding hydrogens is 250 g/mol. The van der Waals surface area contributed by atoms with Crippen LogP contribution in [0.5, 0.6) is 0 Å². The van der Waals surface area contributed by atoms with Gasteiger partial charge in [0, 0.05) is 25.1 Å². The summed E-state index contributed by atoms with van der Waals surface area (Å²) in [4.78, 5) is 35.1. The fourth-order valence-corrected chi connectivity index (χ4v) is 1.64. The fraction of sp³-hybridized carbons (Fsp3) is 0.462. The maximum atomic E-state index is 12.2. The lowest BCUT2D eigenvalue weighted by molar-refractivity contribution is -0.137. The number of hydrogen-bond acceptors (Lipinski definition) is 4. The first-order valence-corrected chi connectivity index (χ1v) is 6.03. The fourth-order valence-electron chi connectivity index (χ4n) is 1.64. The number of nitrogens with zero attached hydrogens (tertiary/aromatic N) is 1. The smallest absolute Gasteiger partial charge is 0.335 e. The Kier molecular flexibility index (Phi) is 5.29. The van der Waals surface area contributed by atoms with Gasteiger partial charge in [-0.2, -0.15) is 0 Å². The number of hydrogen-bond donors (Lipinski definition) is 1. The maximum absolute atomic E-state index is 12.2. The Morgan fingerprint density at radius 3 is 2.53 bits per heavy atom. The van der Waals surface area contributed by atoms with Gasteiger partial charge >= 0.3 is 11.6 Å².